The van der Waals surface area contributed by atoms with Gasteiger partial charge in [-0.25, -0.2) is 0 Å². The molecule has 4 heterocycles. The van der Waals surface area contributed by atoms with Gasteiger partial charge < -0.3 is 8.80 Å². The van der Waals surface area contributed by atoms with Gasteiger partial charge in [-0.2, -0.15) is 0 Å². The third-order valence-electron chi connectivity index (χ3n) is 10.5. The fourth-order valence-corrected chi connectivity index (χ4v) is 8.79. The maximum absolute atomic E-state index is 2.50. The minimum absolute atomic E-state index is 1.27. The zero-order valence-electron chi connectivity index (χ0n) is 23.6. The largest absolute Gasteiger partial charge is 0.308 e. The number of para-hydroxylation sites is 4. The van der Waals surface area contributed by atoms with Crippen LogP contribution < -0.4 is 0 Å². The van der Waals surface area contributed by atoms with Crippen molar-refractivity contribution in [2.24, 2.45) is 0 Å². The van der Waals surface area contributed by atoms with Crippen LogP contribution in [0.15, 0.2) is 133 Å². The molecule has 0 bridgehead atoms. The van der Waals surface area contributed by atoms with E-state index < -0.39 is 0 Å². The smallest absolute Gasteiger partial charge is 0.0620 e. The molecule has 0 saturated carbocycles. The lowest BCUT2D eigenvalue weighted by molar-refractivity contribution is 1.37. The van der Waals surface area contributed by atoms with Gasteiger partial charge in [0.1, 0.15) is 0 Å². The Bertz CT molecular complexity index is 2990. The Hall–Kier alpha value is -5.86. The van der Waals surface area contributed by atoms with Gasteiger partial charge in [-0.3, -0.25) is 0 Å². The van der Waals surface area contributed by atoms with Crippen molar-refractivity contribution in [3.05, 3.63) is 133 Å². The van der Waals surface area contributed by atoms with Crippen molar-refractivity contribution in [1.29, 1.82) is 0 Å². The van der Waals surface area contributed by atoms with Gasteiger partial charge in [0.15, 0.2) is 0 Å². The summed E-state index contributed by atoms with van der Waals surface area (Å²) in [4.78, 5) is 0. The summed E-state index contributed by atoms with van der Waals surface area (Å²) in [5.41, 5.74) is 7.75. The lowest BCUT2D eigenvalue weighted by Gasteiger charge is -2.12. The van der Waals surface area contributed by atoms with Crippen molar-refractivity contribution in [1.82, 2.24) is 8.80 Å². The minimum atomic E-state index is 1.27. The second-order valence-electron chi connectivity index (χ2n) is 12.5. The van der Waals surface area contributed by atoms with E-state index in [0.29, 0.717) is 0 Å². The fraction of sp³-hybridized carbons (Fsp3) is 0. The summed E-state index contributed by atoms with van der Waals surface area (Å²) in [6, 6.07) is 50.1. The third kappa shape index (κ3) is 2.31. The number of nitrogens with zero attached hydrogens (tertiary/aromatic N) is 2. The first kappa shape index (κ1) is 21.8. The van der Waals surface area contributed by atoms with Gasteiger partial charge in [-0.05, 0) is 68.7 Å². The molecule has 0 unspecified atom stereocenters. The number of rotatable bonds is 0. The standard InChI is InChI=1S/C42H22N2/c1-2-10-24-23(9-1)31-19-35-29-15-7-13-27-25-11-3-5-17-37(25)43(41(27)29)39(35)21-33(31)34-22-40-36(20-32(24)34)30-16-8-14-28-26-12-4-6-18-38(26)44(40)42(28)30/h1-22H. The zero-order valence-corrected chi connectivity index (χ0v) is 23.6. The van der Waals surface area contributed by atoms with Crippen molar-refractivity contribution in [2.75, 3.05) is 0 Å². The molecule has 0 saturated heterocycles. The van der Waals surface area contributed by atoms with E-state index in [1.165, 1.54) is 109 Å². The van der Waals surface area contributed by atoms with E-state index in [4.69, 9.17) is 0 Å². The first-order chi connectivity index (χ1) is 21.8. The van der Waals surface area contributed by atoms with Crippen LogP contribution in [0.5, 0.6) is 0 Å². The summed E-state index contributed by atoms with van der Waals surface area (Å²) in [7, 11) is 0. The van der Waals surface area contributed by atoms with Crippen LogP contribution in [-0.4, -0.2) is 8.80 Å². The van der Waals surface area contributed by atoms with E-state index in [-0.39, 0.29) is 0 Å². The van der Waals surface area contributed by atoms with Crippen LogP contribution in [0.1, 0.15) is 0 Å². The van der Waals surface area contributed by atoms with E-state index in [1.807, 2.05) is 0 Å². The van der Waals surface area contributed by atoms with Crippen molar-refractivity contribution in [2.45, 2.75) is 0 Å². The lowest BCUT2D eigenvalue weighted by atomic mass is 9.92. The quantitative estimate of drug-likeness (QED) is 0.165. The Morgan fingerprint density at radius 2 is 0.568 bits per heavy atom. The summed E-state index contributed by atoms with van der Waals surface area (Å²) < 4.78 is 5.00. The second-order valence-corrected chi connectivity index (χ2v) is 12.5. The molecule has 0 radical (unpaired) electrons. The topological polar surface area (TPSA) is 8.82 Å². The van der Waals surface area contributed by atoms with E-state index >= 15 is 0 Å². The molecule has 0 aliphatic rings. The number of hydrogen-bond acceptors (Lipinski definition) is 0. The van der Waals surface area contributed by atoms with Crippen LogP contribution >= 0.6 is 0 Å². The summed E-state index contributed by atoms with van der Waals surface area (Å²) in [6.07, 6.45) is 0. The number of fused-ring (bicyclic) bond motifs is 18. The Labute approximate surface area is 250 Å². The molecule has 2 heteroatoms. The summed E-state index contributed by atoms with van der Waals surface area (Å²) in [6.45, 7) is 0. The first-order valence-corrected chi connectivity index (χ1v) is 15.4. The fourth-order valence-electron chi connectivity index (χ4n) is 8.79. The molecule has 0 N–H and O–H groups in total. The number of aromatic nitrogens is 2. The van der Waals surface area contributed by atoms with Crippen LogP contribution in [-0.2, 0) is 0 Å². The first-order valence-electron chi connectivity index (χ1n) is 15.4. The molecule has 0 amide bonds. The minimum Gasteiger partial charge on any atom is -0.308 e. The van der Waals surface area contributed by atoms with Crippen molar-refractivity contribution in [3.63, 3.8) is 0 Å². The predicted octanol–water partition coefficient (Wildman–Crippen LogP) is 11.4. The molecule has 12 rings (SSSR count). The van der Waals surface area contributed by atoms with Gasteiger partial charge >= 0.3 is 0 Å². The van der Waals surface area contributed by atoms with Crippen LogP contribution in [0, 0.1) is 0 Å². The van der Waals surface area contributed by atoms with E-state index in [2.05, 4.69) is 142 Å². The Balaban J connectivity index is 1.37. The lowest BCUT2D eigenvalue weighted by Crippen LogP contribution is -1.87. The average Bonchev–Trinajstić information content (AvgIpc) is 3.80. The normalized spacial score (nSPS) is 13.0. The van der Waals surface area contributed by atoms with Crippen LogP contribution in [0.25, 0.3) is 109 Å². The van der Waals surface area contributed by atoms with Crippen molar-refractivity contribution >= 4 is 109 Å². The second kappa shape index (κ2) is 7.19. The van der Waals surface area contributed by atoms with Gasteiger partial charge in [-0.15, -0.1) is 0 Å². The van der Waals surface area contributed by atoms with Gasteiger partial charge in [0.2, 0.25) is 0 Å². The van der Waals surface area contributed by atoms with Crippen molar-refractivity contribution in [3.8, 4) is 0 Å². The van der Waals surface area contributed by atoms with Gasteiger partial charge in [-0.1, -0.05) is 97.1 Å². The molecule has 4 aromatic heterocycles. The highest BCUT2D eigenvalue weighted by Gasteiger charge is 2.21. The molecule has 0 atom stereocenters. The van der Waals surface area contributed by atoms with Crippen LogP contribution in [0.4, 0.5) is 0 Å². The molecule has 0 spiro atoms. The SMILES string of the molecule is c1ccc2c(c1)c1cc3c4cccc5c6ccccc6n(c3cc1c1cc3c(cc21)c1cccc2c6ccccc6n3c21)c54. The highest BCUT2D eigenvalue weighted by atomic mass is 14.9. The van der Waals surface area contributed by atoms with E-state index in [0.717, 1.165) is 0 Å². The number of hydrogen-bond donors (Lipinski definition) is 0. The van der Waals surface area contributed by atoms with Crippen molar-refractivity contribution < 1.29 is 0 Å². The molecular weight excluding hydrogens is 532 g/mol. The molecule has 200 valence electrons. The Morgan fingerprint density at radius 3 is 1.02 bits per heavy atom. The van der Waals surface area contributed by atoms with Crippen LogP contribution in [0.2, 0.25) is 0 Å². The molecule has 0 aliphatic heterocycles. The van der Waals surface area contributed by atoms with E-state index in [1.54, 1.807) is 0 Å². The van der Waals surface area contributed by atoms with Gasteiger partial charge in [0.05, 0.1) is 33.1 Å². The molecule has 44 heavy (non-hydrogen) atoms. The molecule has 0 aliphatic carbocycles. The summed E-state index contributed by atoms with van der Waals surface area (Å²) >= 11 is 0. The third-order valence-corrected chi connectivity index (χ3v) is 10.5. The molecular formula is C42H22N2. The summed E-state index contributed by atoms with van der Waals surface area (Å²) in [5.74, 6) is 0. The van der Waals surface area contributed by atoms with Crippen LogP contribution in [0.3, 0.4) is 0 Å². The Morgan fingerprint density at radius 1 is 0.227 bits per heavy atom. The highest BCUT2D eigenvalue weighted by molar-refractivity contribution is 6.33. The summed E-state index contributed by atoms with van der Waals surface area (Å²) in [5, 5.41) is 18.4. The molecule has 8 aromatic carbocycles. The zero-order chi connectivity index (χ0) is 28.3. The number of benzene rings is 8. The Kier molecular flexibility index (Phi) is 3.56. The maximum Gasteiger partial charge on any atom is 0.0620 e. The molecule has 2 nitrogen and oxygen atoms in total. The van der Waals surface area contributed by atoms with Gasteiger partial charge in [0, 0.05) is 43.1 Å². The average molecular weight is 555 g/mol. The molecule has 12 aromatic rings. The van der Waals surface area contributed by atoms with Gasteiger partial charge in [0.25, 0.3) is 0 Å². The van der Waals surface area contributed by atoms with E-state index in [9.17, 15) is 0 Å². The predicted molar refractivity (Wildman–Crippen MR) is 188 cm³/mol. The monoisotopic (exact) mass is 554 g/mol. The molecule has 0 fully saturated rings. The maximum atomic E-state index is 2.50. The highest BCUT2D eigenvalue weighted by Crippen LogP contribution is 2.46.